The number of hydrogen-bond acceptors (Lipinski definition) is 5. The SMILES string of the molecule is CC(C)n1ncnc1CS(=O)(=O)CC1CNC1. The van der Waals surface area contributed by atoms with Gasteiger partial charge in [-0.05, 0) is 19.8 Å². The van der Waals surface area contributed by atoms with Crippen molar-refractivity contribution in [2.75, 3.05) is 18.8 Å². The van der Waals surface area contributed by atoms with E-state index in [-0.39, 0.29) is 23.5 Å². The fourth-order valence-corrected chi connectivity index (χ4v) is 3.56. The summed E-state index contributed by atoms with van der Waals surface area (Å²) < 4.78 is 25.6. The Labute approximate surface area is 101 Å². The molecule has 17 heavy (non-hydrogen) atoms. The molecule has 1 aromatic rings. The molecule has 96 valence electrons. The molecule has 0 aliphatic carbocycles. The van der Waals surface area contributed by atoms with E-state index in [9.17, 15) is 8.42 Å². The molecule has 2 rings (SSSR count). The first kappa shape index (κ1) is 12.5. The quantitative estimate of drug-likeness (QED) is 0.804. The van der Waals surface area contributed by atoms with Crippen LogP contribution < -0.4 is 5.32 Å². The van der Waals surface area contributed by atoms with Crippen LogP contribution in [0.3, 0.4) is 0 Å². The summed E-state index contributed by atoms with van der Waals surface area (Å²) in [6.07, 6.45) is 1.41. The van der Waals surface area contributed by atoms with E-state index in [2.05, 4.69) is 15.4 Å². The van der Waals surface area contributed by atoms with Crippen molar-refractivity contribution in [3.8, 4) is 0 Å². The average molecular weight is 258 g/mol. The Morgan fingerprint density at radius 3 is 2.76 bits per heavy atom. The maximum atomic E-state index is 12.0. The van der Waals surface area contributed by atoms with Crippen molar-refractivity contribution in [3.63, 3.8) is 0 Å². The van der Waals surface area contributed by atoms with Crippen LogP contribution in [0.25, 0.3) is 0 Å². The zero-order chi connectivity index (χ0) is 12.5. The minimum absolute atomic E-state index is 0.0122. The third-order valence-corrected chi connectivity index (χ3v) is 4.52. The Morgan fingerprint density at radius 1 is 1.53 bits per heavy atom. The highest BCUT2D eigenvalue weighted by Gasteiger charge is 2.26. The molecule has 1 fully saturated rings. The van der Waals surface area contributed by atoms with E-state index < -0.39 is 9.84 Å². The van der Waals surface area contributed by atoms with Crippen LogP contribution in [0.5, 0.6) is 0 Å². The van der Waals surface area contributed by atoms with Crippen LogP contribution >= 0.6 is 0 Å². The van der Waals surface area contributed by atoms with Gasteiger partial charge in [-0.3, -0.25) is 0 Å². The lowest BCUT2D eigenvalue weighted by molar-refractivity contribution is 0.378. The van der Waals surface area contributed by atoms with E-state index in [4.69, 9.17) is 0 Å². The summed E-state index contributed by atoms with van der Waals surface area (Å²) in [7, 11) is -3.08. The van der Waals surface area contributed by atoms with Crippen molar-refractivity contribution in [1.82, 2.24) is 20.1 Å². The predicted molar refractivity (Wildman–Crippen MR) is 64.3 cm³/mol. The van der Waals surface area contributed by atoms with Gasteiger partial charge < -0.3 is 5.32 Å². The second kappa shape index (κ2) is 4.73. The molecule has 6 nitrogen and oxygen atoms in total. The zero-order valence-corrected chi connectivity index (χ0v) is 10.9. The Bertz CT molecular complexity index is 476. The van der Waals surface area contributed by atoms with Gasteiger partial charge in [-0.2, -0.15) is 5.10 Å². The minimum atomic E-state index is -3.08. The van der Waals surface area contributed by atoms with Gasteiger partial charge in [-0.15, -0.1) is 0 Å². The fraction of sp³-hybridized carbons (Fsp3) is 0.800. The van der Waals surface area contributed by atoms with Crippen LogP contribution in [-0.4, -0.2) is 42.0 Å². The van der Waals surface area contributed by atoms with Gasteiger partial charge in [0.15, 0.2) is 9.84 Å². The molecule has 0 bridgehead atoms. The highest BCUT2D eigenvalue weighted by Crippen LogP contribution is 2.13. The first-order valence-corrected chi connectivity index (χ1v) is 7.59. The summed E-state index contributed by atoms with van der Waals surface area (Å²) >= 11 is 0. The Balaban J connectivity index is 2.05. The van der Waals surface area contributed by atoms with E-state index in [1.165, 1.54) is 6.33 Å². The molecule has 2 heterocycles. The molecule has 0 unspecified atom stereocenters. The highest BCUT2D eigenvalue weighted by atomic mass is 32.2. The molecule has 0 aromatic carbocycles. The normalized spacial score (nSPS) is 17.4. The zero-order valence-electron chi connectivity index (χ0n) is 10.1. The largest absolute Gasteiger partial charge is 0.316 e. The average Bonchev–Trinajstić information content (AvgIpc) is 2.59. The van der Waals surface area contributed by atoms with Crippen molar-refractivity contribution >= 4 is 9.84 Å². The van der Waals surface area contributed by atoms with Gasteiger partial charge in [0.2, 0.25) is 0 Å². The van der Waals surface area contributed by atoms with Crippen LogP contribution in [0.2, 0.25) is 0 Å². The molecule has 0 saturated carbocycles. The smallest absolute Gasteiger partial charge is 0.157 e. The molecule has 1 aliphatic heterocycles. The van der Waals surface area contributed by atoms with Crippen molar-refractivity contribution in [2.45, 2.75) is 25.6 Å². The van der Waals surface area contributed by atoms with Crippen molar-refractivity contribution in [1.29, 1.82) is 0 Å². The molecular weight excluding hydrogens is 240 g/mol. The maximum absolute atomic E-state index is 12.0. The number of nitrogens with zero attached hydrogens (tertiary/aromatic N) is 3. The summed E-state index contributed by atoms with van der Waals surface area (Å²) in [4.78, 5) is 4.03. The first-order valence-electron chi connectivity index (χ1n) is 5.77. The first-order chi connectivity index (χ1) is 7.98. The lowest BCUT2D eigenvalue weighted by Crippen LogP contribution is -2.45. The summed E-state index contributed by atoms with van der Waals surface area (Å²) in [5.41, 5.74) is 0. The van der Waals surface area contributed by atoms with Gasteiger partial charge in [-0.25, -0.2) is 18.1 Å². The lowest BCUT2D eigenvalue weighted by atomic mass is 10.1. The molecule has 7 heteroatoms. The van der Waals surface area contributed by atoms with E-state index >= 15 is 0 Å². The number of rotatable bonds is 5. The van der Waals surface area contributed by atoms with Crippen LogP contribution in [-0.2, 0) is 15.6 Å². The van der Waals surface area contributed by atoms with Gasteiger partial charge in [-0.1, -0.05) is 0 Å². The highest BCUT2D eigenvalue weighted by molar-refractivity contribution is 7.90. The van der Waals surface area contributed by atoms with Crippen molar-refractivity contribution in [3.05, 3.63) is 12.2 Å². The molecule has 1 aliphatic rings. The minimum Gasteiger partial charge on any atom is -0.316 e. The van der Waals surface area contributed by atoms with E-state index in [0.29, 0.717) is 5.82 Å². The fourth-order valence-electron chi connectivity index (χ4n) is 1.89. The third-order valence-electron chi connectivity index (χ3n) is 2.84. The molecule has 1 N–H and O–H groups in total. The van der Waals surface area contributed by atoms with Crippen LogP contribution in [0.1, 0.15) is 25.7 Å². The van der Waals surface area contributed by atoms with Crippen LogP contribution in [0.15, 0.2) is 6.33 Å². The van der Waals surface area contributed by atoms with Gasteiger partial charge in [0.1, 0.15) is 17.9 Å². The van der Waals surface area contributed by atoms with Gasteiger partial charge in [0.05, 0.1) is 5.75 Å². The van der Waals surface area contributed by atoms with Crippen LogP contribution in [0.4, 0.5) is 0 Å². The summed E-state index contributed by atoms with van der Waals surface area (Å²) in [5, 5.41) is 7.12. The second-order valence-electron chi connectivity index (χ2n) is 4.79. The Hall–Kier alpha value is -0.950. The van der Waals surface area contributed by atoms with Crippen LogP contribution in [0, 0.1) is 5.92 Å². The molecule has 0 spiro atoms. The molecule has 1 aromatic heterocycles. The number of nitrogens with one attached hydrogen (secondary N) is 1. The molecular formula is C10H18N4O2S. The Morgan fingerprint density at radius 2 is 2.24 bits per heavy atom. The molecule has 0 radical (unpaired) electrons. The number of hydrogen-bond donors (Lipinski definition) is 1. The van der Waals surface area contributed by atoms with Gasteiger partial charge >= 0.3 is 0 Å². The maximum Gasteiger partial charge on any atom is 0.157 e. The predicted octanol–water partition coefficient (Wildman–Crippen LogP) is -0.00680. The van der Waals surface area contributed by atoms with Crippen molar-refractivity contribution in [2.24, 2.45) is 5.92 Å². The van der Waals surface area contributed by atoms with E-state index in [1.807, 2.05) is 13.8 Å². The molecule has 0 amide bonds. The number of aromatic nitrogens is 3. The summed E-state index contributed by atoms with van der Waals surface area (Å²) in [5.74, 6) is 1.02. The van der Waals surface area contributed by atoms with E-state index in [0.717, 1.165) is 13.1 Å². The standard InChI is InChI=1S/C10H18N4O2S/c1-8(2)14-10(12-7-13-14)6-17(15,16)5-9-3-11-4-9/h7-9,11H,3-6H2,1-2H3. The summed E-state index contributed by atoms with van der Waals surface area (Å²) in [6.45, 7) is 5.52. The lowest BCUT2D eigenvalue weighted by Gasteiger charge is -2.26. The van der Waals surface area contributed by atoms with Gasteiger partial charge in [0, 0.05) is 19.1 Å². The topological polar surface area (TPSA) is 76.9 Å². The van der Waals surface area contributed by atoms with Gasteiger partial charge in [0.25, 0.3) is 0 Å². The molecule has 1 saturated heterocycles. The monoisotopic (exact) mass is 258 g/mol. The summed E-state index contributed by atoms with van der Waals surface area (Å²) in [6, 6.07) is 0.132. The van der Waals surface area contributed by atoms with Crippen molar-refractivity contribution < 1.29 is 8.42 Å². The third kappa shape index (κ3) is 3.04. The Kier molecular flexibility index (Phi) is 3.48. The number of sulfone groups is 1. The van der Waals surface area contributed by atoms with E-state index in [1.54, 1.807) is 4.68 Å². The second-order valence-corrected chi connectivity index (χ2v) is 6.90. The molecule has 0 atom stereocenters.